The normalized spacial score (nSPS) is 12.7. The van der Waals surface area contributed by atoms with Crippen molar-refractivity contribution in [3.8, 4) is 0 Å². The Balaban J connectivity index is 4.55. The van der Waals surface area contributed by atoms with Crippen molar-refractivity contribution in [1.82, 2.24) is 16.0 Å². The zero-order valence-electron chi connectivity index (χ0n) is 13.7. The lowest BCUT2D eigenvalue weighted by Crippen LogP contribution is -2.52. The van der Waals surface area contributed by atoms with Gasteiger partial charge in [-0.05, 0) is 6.42 Å². The van der Waals surface area contributed by atoms with Crippen LogP contribution in [0.3, 0.4) is 0 Å². The molecule has 0 fully saturated rings. The van der Waals surface area contributed by atoms with E-state index in [-0.39, 0.29) is 51.2 Å². The van der Waals surface area contributed by atoms with Crippen LogP contribution in [0.2, 0.25) is 0 Å². The fourth-order valence-electron chi connectivity index (χ4n) is 1.87. The van der Waals surface area contributed by atoms with Gasteiger partial charge in [-0.15, -0.1) is 0 Å². The van der Waals surface area contributed by atoms with E-state index < -0.39 is 24.0 Å². The molecule has 0 saturated carbocycles. The van der Waals surface area contributed by atoms with Crippen LogP contribution >= 0.6 is 0 Å². The molecule has 7 N–H and O–H groups in total. The third-order valence-corrected chi connectivity index (χ3v) is 3.10. The van der Waals surface area contributed by atoms with Crippen molar-refractivity contribution >= 4 is 11.8 Å². The van der Waals surface area contributed by atoms with Gasteiger partial charge in [0, 0.05) is 12.5 Å². The summed E-state index contributed by atoms with van der Waals surface area (Å²) < 4.78 is 0. The van der Waals surface area contributed by atoms with E-state index in [4.69, 9.17) is 20.4 Å². The molecular formula is C14H29N3O6. The molecule has 0 heterocycles. The molecule has 136 valence electrons. The number of aliphatic hydroxyl groups excluding tert-OH is 4. The lowest BCUT2D eigenvalue weighted by molar-refractivity contribution is -0.125. The van der Waals surface area contributed by atoms with Gasteiger partial charge in [-0.2, -0.15) is 0 Å². The summed E-state index contributed by atoms with van der Waals surface area (Å²) >= 11 is 0. The Morgan fingerprint density at radius 1 is 0.870 bits per heavy atom. The summed E-state index contributed by atoms with van der Waals surface area (Å²) in [6.07, 6.45) is 0.222. The number of aliphatic hydroxyl groups is 4. The highest BCUT2D eigenvalue weighted by atomic mass is 16.3. The second-order valence-electron chi connectivity index (χ2n) is 5.61. The van der Waals surface area contributed by atoms with Crippen LogP contribution in [-0.4, -0.2) is 82.8 Å². The standard InChI is InChI=1S/C14H29N3O6/c1-9(2)15-12(14(23)17-11(7-20)8-21)3-4-13(22)16-10(5-18)6-19/h9-12,15,18-21H,3-8H2,1-2H3,(H,16,22)(H,17,23). The highest BCUT2D eigenvalue weighted by Gasteiger charge is 2.23. The summed E-state index contributed by atoms with van der Waals surface area (Å²) in [5.41, 5.74) is 0. The first kappa shape index (κ1) is 21.7. The number of rotatable bonds is 12. The van der Waals surface area contributed by atoms with Crippen molar-refractivity contribution in [1.29, 1.82) is 0 Å². The number of hydrogen-bond donors (Lipinski definition) is 7. The Hall–Kier alpha value is -1.26. The van der Waals surface area contributed by atoms with E-state index in [1.165, 1.54) is 0 Å². The lowest BCUT2D eigenvalue weighted by atomic mass is 10.1. The van der Waals surface area contributed by atoms with Crippen molar-refractivity contribution in [2.75, 3.05) is 26.4 Å². The van der Waals surface area contributed by atoms with E-state index in [1.54, 1.807) is 0 Å². The molecule has 9 nitrogen and oxygen atoms in total. The van der Waals surface area contributed by atoms with Crippen LogP contribution in [0, 0.1) is 0 Å². The van der Waals surface area contributed by atoms with Crippen LogP contribution in [0.5, 0.6) is 0 Å². The van der Waals surface area contributed by atoms with Gasteiger partial charge in [-0.3, -0.25) is 9.59 Å². The van der Waals surface area contributed by atoms with Crippen molar-refractivity contribution < 1.29 is 30.0 Å². The van der Waals surface area contributed by atoms with Gasteiger partial charge in [0.15, 0.2) is 0 Å². The van der Waals surface area contributed by atoms with Gasteiger partial charge in [-0.1, -0.05) is 13.8 Å². The minimum Gasteiger partial charge on any atom is -0.394 e. The molecule has 2 amide bonds. The highest BCUT2D eigenvalue weighted by Crippen LogP contribution is 2.01. The Labute approximate surface area is 136 Å². The molecule has 0 aromatic heterocycles. The third-order valence-electron chi connectivity index (χ3n) is 3.10. The average molecular weight is 335 g/mol. The van der Waals surface area contributed by atoms with Gasteiger partial charge in [0.1, 0.15) is 0 Å². The molecule has 0 spiro atoms. The molecular weight excluding hydrogens is 306 g/mol. The number of amides is 2. The van der Waals surface area contributed by atoms with Gasteiger partial charge in [-0.25, -0.2) is 0 Å². The fourth-order valence-corrected chi connectivity index (χ4v) is 1.87. The molecule has 23 heavy (non-hydrogen) atoms. The molecule has 1 atom stereocenters. The topological polar surface area (TPSA) is 151 Å². The molecule has 9 heteroatoms. The SMILES string of the molecule is CC(C)NC(CCC(=O)NC(CO)CO)C(=O)NC(CO)CO. The Morgan fingerprint density at radius 2 is 1.35 bits per heavy atom. The second kappa shape index (κ2) is 12.2. The average Bonchev–Trinajstić information content (AvgIpc) is 2.53. The number of nitrogens with one attached hydrogen (secondary N) is 3. The van der Waals surface area contributed by atoms with Crippen LogP contribution < -0.4 is 16.0 Å². The molecule has 0 radical (unpaired) electrons. The summed E-state index contributed by atoms with van der Waals surface area (Å²) in [4.78, 5) is 23.9. The van der Waals surface area contributed by atoms with Crippen LogP contribution in [0.4, 0.5) is 0 Å². The number of hydrogen-bond acceptors (Lipinski definition) is 7. The van der Waals surface area contributed by atoms with Gasteiger partial charge in [0.05, 0.1) is 44.6 Å². The highest BCUT2D eigenvalue weighted by molar-refractivity contribution is 5.83. The van der Waals surface area contributed by atoms with Crippen LogP contribution in [0.15, 0.2) is 0 Å². The predicted molar refractivity (Wildman–Crippen MR) is 83.5 cm³/mol. The first-order chi connectivity index (χ1) is 10.9. The largest absolute Gasteiger partial charge is 0.394 e. The zero-order chi connectivity index (χ0) is 17.8. The van der Waals surface area contributed by atoms with Crippen molar-refractivity contribution in [2.45, 2.75) is 50.9 Å². The van der Waals surface area contributed by atoms with E-state index in [0.717, 1.165) is 0 Å². The van der Waals surface area contributed by atoms with Crippen molar-refractivity contribution in [3.05, 3.63) is 0 Å². The van der Waals surface area contributed by atoms with E-state index in [0.29, 0.717) is 0 Å². The number of carbonyl (C=O) groups excluding carboxylic acids is 2. The Morgan fingerprint density at radius 3 is 1.78 bits per heavy atom. The first-order valence-corrected chi connectivity index (χ1v) is 7.67. The molecule has 0 rings (SSSR count). The van der Waals surface area contributed by atoms with E-state index in [9.17, 15) is 9.59 Å². The van der Waals surface area contributed by atoms with Crippen LogP contribution in [0.25, 0.3) is 0 Å². The monoisotopic (exact) mass is 335 g/mol. The molecule has 1 unspecified atom stereocenters. The minimum absolute atomic E-state index is 0.00172. The molecule has 0 saturated heterocycles. The summed E-state index contributed by atoms with van der Waals surface area (Å²) in [6, 6.07) is -2.14. The summed E-state index contributed by atoms with van der Waals surface area (Å²) in [5, 5.41) is 43.8. The van der Waals surface area contributed by atoms with Crippen molar-refractivity contribution in [3.63, 3.8) is 0 Å². The molecule has 0 aliphatic carbocycles. The molecule has 0 aromatic carbocycles. The van der Waals surface area contributed by atoms with E-state index >= 15 is 0 Å². The first-order valence-electron chi connectivity index (χ1n) is 7.67. The summed E-state index contributed by atoms with van der Waals surface area (Å²) in [5.74, 6) is -0.803. The van der Waals surface area contributed by atoms with Gasteiger partial charge < -0.3 is 36.4 Å². The fraction of sp³-hybridized carbons (Fsp3) is 0.857. The van der Waals surface area contributed by atoms with Gasteiger partial charge >= 0.3 is 0 Å². The van der Waals surface area contributed by atoms with E-state index in [2.05, 4.69) is 16.0 Å². The quantitative estimate of drug-likeness (QED) is 0.202. The molecule has 0 aromatic rings. The number of carbonyl (C=O) groups is 2. The maximum absolute atomic E-state index is 12.1. The minimum atomic E-state index is -0.749. The lowest BCUT2D eigenvalue weighted by Gasteiger charge is -2.23. The third kappa shape index (κ3) is 9.47. The second-order valence-corrected chi connectivity index (χ2v) is 5.61. The molecule has 0 aliphatic heterocycles. The van der Waals surface area contributed by atoms with E-state index in [1.807, 2.05) is 13.8 Å². The maximum atomic E-state index is 12.1. The van der Waals surface area contributed by atoms with Gasteiger partial charge in [0.2, 0.25) is 11.8 Å². The molecule has 0 bridgehead atoms. The summed E-state index contributed by atoms with van der Waals surface area (Å²) in [6.45, 7) is 2.20. The van der Waals surface area contributed by atoms with Crippen LogP contribution in [0.1, 0.15) is 26.7 Å². The predicted octanol–water partition coefficient (Wildman–Crippen LogP) is -2.93. The maximum Gasteiger partial charge on any atom is 0.237 e. The van der Waals surface area contributed by atoms with Crippen LogP contribution in [-0.2, 0) is 9.59 Å². The molecule has 0 aliphatic rings. The summed E-state index contributed by atoms with van der Waals surface area (Å²) in [7, 11) is 0. The smallest absolute Gasteiger partial charge is 0.237 e. The Bertz CT molecular complexity index is 345. The Kier molecular flexibility index (Phi) is 11.5. The zero-order valence-corrected chi connectivity index (χ0v) is 13.7. The van der Waals surface area contributed by atoms with Gasteiger partial charge in [0.25, 0.3) is 0 Å². The van der Waals surface area contributed by atoms with Crippen molar-refractivity contribution in [2.24, 2.45) is 0 Å².